The smallest absolute Gasteiger partial charge is 0.228 e. The molecule has 2 heteroatoms. The van der Waals surface area contributed by atoms with Crippen molar-refractivity contribution in [2.45, 2.75) is 20.8 Å². The minimum atomic E-state index is -0.760. The van der Waals surface area contributed by atoms with Gasteiger partial charge in [0.25, 0.3) is 0 Å². The van der Waals surface area contributed by atoms with Gasteiger partial charge in [-0.15, -0.1) is 0 Å². The van der Waals surface area contributed by atoms with Crippen LogP contribution in [0.3, 0.4) is 0 Å². The SMILES string of the molecule is CC.Cc1cccc(OCF)c1. The number of halogens is 1. The molecule has 0 amide bonds. The standard InChI is InChI=1S/C8H9FO.C2H6/c1-7-3-2-4-8(5-7)10-6-9;1-2/h2-5H,6H2,1H3;1-2H3. The van der Waals surface area contributed by atoms with Crippen LogP contribution in [0.25, 0.3) is 0 Å². The van der Waals surface area contributed by atoms with Crippen LogP contribution in [0.5, 0.6) is 5.75 Å². The number of hydrogen-bond donors (Lipinski definition) is 0. The van der Waals surface area contributed by atoms with Gasteiger partial charge >= 0.3 is 0 Å². The molecule has 0 unspecified atom stereocenters. The van der Waals surface area contributed by atoms with Gasteiger partial charge in [-0.2, -0.15) is 0 Å². The number of benzene rings is 1. The fourth-order valence-electron chi connectivity index (χ4n) is 0.768. The number of rotatable bonds is 2. The maximum Gasteiger partial charge on any atom is 0.228 e. The highest BCUT2D eigenvalue weighted by molar-refractivity contribution is 5.27. The van der Waals surface area contributed by atoms with Gasteiger partial charge in [-0.05, 0) is 24.6 Å². The first-order valence-electron chi connectivity index (χ1n) is 4.08. The zero-order valence-corrected chi connectivity index (χ0v) is 7.80. The van der Waals surface area contributed by atoms with Crippen molar-refractivity contribution in [2.75, 3.05) is 6.86 Å². The summed E-state index contributed by atoms with van der Waals surface area (Å²) in [6.07, 6.45) is 0. The minimum Gasteiger partial charge on any atom is -0.463 e. The number of alkyl halides is 1. The molecule has 0 spiro atoms. The van der Waals surface area contributed by atoms with Crippen LogP contribution in [-0.2, 0) is 0 Å². The second-order valence-corrected chi connectivity index (χ2v) is 2.07. The Balaban J connectivity index is 0.000000561. The Hall–Kier alpha value is -1.05. The molecule has 0 bridgehead atoms. The van der Waals surface area contributed by atoms with Crippen molar-refractivity contribution in [1.82, 2.24) is 0 Å². The summed E-state index contributed by atoms with van der Waals surface area (Å²) in [6, 6.07) is 7.29. The molecule has 1 nitrogen and oxygen atoms in total. The third kappa shape index (κ3) is 3.96. The largest absolute Gasteiger partial charge is 0.463 e. The Bertz CT molecular complexity index is 211. The highest BCUT2D eigenvalue weighted by atomic mass is 19.1. The van der Waals surface area contributed by atoms with Crippen LogP contribution in [0.15, 0.2) is 24.3 Å². The molecule has 0 aromatic heterocycles. The van der Waals surface area contributed by atoms with E-state index in [0.717, 1.165) is 5.56 Å². The molecule has 1 aromatic rings. The molecule has 0 atom stereocenters. The van der Waals surface area contributed by atoms with E-state index in [1.54, 1.807) is 12.1 Å². The van der Waals surface area contributed by atoms with Gasteiger partial charge < -0.3 is 4.74 Å². The van der Waals surface area contributed by atoms with Gasteiger partial charge in [0.05, 0.1) is 0 Å². The minimum absolute atomic E-state index is 0.586. The number of aryl methyl sites for hydroxylation is 1. The zero-order chi connectivity index (χ0) is 9.40. The summed E-state index contributed by atoms with van der Waals surface area (Å²) in [5.74, 6) is 0.586. The first kappa shape index (κ1) is 11.0. The quantitative estimate of drug-likeness (QED) is 0.661. The lowest BCUT2D eigenvalue weighted by molar-refractivity contribution is 0.191. The Morgan fingerprint density at radius 2 is 2.00 bits per heavy atom. The van der Waals surface area contributed by atoms with Crippen LogP contribution in [0.4, 0.5) is 4.39 Å². The molecule has 0 aliphatic heterocycles. The lowest BCUT2D eigenvalue weighted by atomic mass is 10.2. The van der Waals surface area contributed by atoms with Crippen LogP contribution in [0.2, 0.25) is 0 Å². The van der Waals surface area contributed by atoms with Crippen LogP contribution in [0.1, 0.15) is 19.4 Å². The summed E-state index contributed by atoms with van der Waals surface area (Å²) in [5.41, 5.74) is 1.07. The summed E-state index contributed by atoms with van der Waals surface area (Å²) in [5, 5.41) is 0. The van der Waals surface area contributed by atoms with Gasteiger partial charge in [-0.25, -0.2) is 4.39 Å². The van der Waals surface area contributed by atoms with E-state index in [2.05, 4.69) is 4.74 Å². The highest BCUT2D eigenvalue weighted by Crippen LogP contribution is 2.11. The van der Waals surface area contributed by atoms with Crippen LogP contribution in [-0.4, -0.2) is 6.86 Å². The molecule has 0 saturated carbocycles. The number of hydrogen-bond acceptors (Lipinski definition) is 1. The lowest BCUT2D eigenvalue weighted by Crippen LogP contribution is -1.89. The molecule has 0 saturated heterocycles. The fourth-order valence-corrected chi connectivity index (χ4v) is 0.768. The van der Waals surface area contributed by atoms with E-state index in [0.29, 0.717) is 5.75 Å². The highest BCUT2D eigenvalue weighted by Gasteiger charge is 1.90. The molecule has 0 fully saturated rings. The van der Waals surface area contributed by atoms with Crippen molar-refractivity contribution in [3.8, 4) is 5.75 Å². The van der Waals surface area contributed by atoms with Gasteiger partial charge in [0.2, 0.25) is 6.86 Å². The third-order valence-electron chi connectivity index (χ3n) is 1.21. The van der Waals surface area contributed by atoms with E-state index in [9.17, 15) is 4.39 Å². The predicted molar refractivity (Wildman–Crippen MR) is 49.1 cm³/mol. The maximum absolute atomic E-state index is 11.6. The van der Waals surface area contributed by atoms with Crippen LogP contribution >= 0.6 is 0 Å². The van der Waals surface area contributed by atoms with Gasteiger partial charge in [-0.3, -0.25) is 0 Å². The van der Waals surface area contributed by atoms with E-state index >= 15 is 0 Å². The topological polar surface area (TPSA) is 9.23 Å². The van der Waals surface area contributed by atoms with E-state index in [1.165, 1.54) is 0 Å². The van der Waals surface area contributed by atoms with Crippen molar-refractivity contribution in [3.63, 3.8) is 0 Å². The zero-order valence-electron chi connectivity index (χ0n) is 7.80. The van der Waals surface area contributed by atoms with Gasteiger partial charge in [-0.1, -0.05) is 26.0 Å². The summed E-state index contributed by atoms with van der Waals surface area (Å²) in [4.78, 5) is 0. The fraction of sp³-hybridized carbons (Fsp3) is 0.400. The Morgan fingerprint density at radius 3 is 2.50 bits per heavy atom. The summed E-state index contributed by atoms with van der Waals surface area (Å²) in [7, 11) is 0. The van der Waals surface area contributed by atoms with E-state index in [4.69, 9.17) is 0 Å². The van der Waals surface area contributed by atoms with E-state index in [1.807, 2.05) is 32.9 Å². The molecule has 0 aliphatic carbocycles. The van der Waals surface area contributed by atoms with Crippen molar-refractivity contribution in [1.29, 1.82) is 0 Å². The molecule has 0 N–H and O–H groups in total. The molecular formula is C10H15FO. The Kier molecular flexibility index (Phi) is 6.07. The summed E-state index contributed by atoms with van der Waals surface area (Å²) >= 11 is 0. The van der Waals surface area contributed by atoms with Gasteiger partial charge in [0.1, 0.15) is 5.75 Å². The van der Waals surface area contributed by atoms with Gasteiger partial charge in [0.15, 0.2) is 0 Å². The first-order valence-corrected chi connectivity index (χ1v) is 4.08. The second kappa shape index (κ2) is 6.65. The van der Waals surface area contributed by atoms with Crippen LogP contribution < -0.4 is 4.74 Å². The summed E-state index contributed by atoms with van der Waals surface area (Å²) in [6.45, 7) is 5.18. The van der Waals surface area contributed by atoms with Crippen molar-refractivity contribution < 1.29 is 9.13 Å². The molecule has 12 heavy (non-hydrogen) atoms. The molecule has 68 valence electrons. The molecule has 1 aromatic carbocycles. The van der Waals surface area contributed by atoms with Crippen molar-refractivity contribution in [3.05, 3.63) is 29.8 Å². The Labute approximate surface area is 73.2 Å². The van der Waals surface area contributed by atoms with Crippen LogP contribution in [0, 0.1) is 6.92 Å². The monoisotopic (exact) mass is 170 g/mol. The first-order chi connectivity index (χ1) is 5.83. The number of ether oxygens (including phenoxy) is 1. The normalized spacial score (nSPS) is 8.33. The lowest BCUT2D eigenvalue weighted by Gasteiger charge is -1.99. The maximum atomic E-state index is 11.6. The van der Waals surface area contributed by atoms with Crippen molar-refractivity contribution in [2.24, 2.45) is 0 Å². The van der Waals surface area contributed by atoms with E-state index < -0.39 is 6.86 Å². The van der Waals surface area contributed by atoms with Crippen molar-refractivity contribution >= 4 is 0 Å². The molecule has 0 radical (unpaired) electrons. The van der Waals surface area contributed by atoms with Gasteiger partial charge in [0, 0.05) is 0 Å². The third-order valence-corrected chi connectivity index (χ3v) is 1.21. The average Bonchev–Trinajstić information content (AvgIpc) is 2.09. The molecule has 0 aliphatic rings. The molecular weight excluding hydrogens is 155 g/mol. The average molecular weight is 170 g/mol. The molecule has 1 rings (SSSR count). The predicted octanol–water partition coefficient (Wildman–Crippen LogP) is 3.33. The molecule has 0 heterocycles. The second-order valence-electron chi connectivity index (χ2n) is 2.07. The van der Waals surface area contributed by atoms with E-state index in [-0.39, 0.29) is 0 Å². The Morgan fingerprint density at radius 1 is 1.33 bits per heavy atom. The summed E-state index contributed by atoms with van der Waals surface area (Å²) < 4.78 is 16.2.